The second-order valence-corrected chi connectivity index (χ2v) is 11.8. The van der Waals surface area contributed by atoms with Gasteiger partial charge in [-0.2, -0.15) is 10.5 Å². The number of hydrogen-bond acceptors (Lipinski definition) is 9. The first-order chi connectivity index (χ1) is 16.3. The summed E-state index contributed by atoms with van der Waals surface area (Å²) >= 11 is 9.07. The first kappa shape index (κ1) is 23.7. The molecule has 0 unspecified atom stereocenters. The quantitative estimate of drug-likeness (QED) is 0.288. The summed E-state index contributed by atoms with van der Waals surface area (Å²) in [5, 5.41) is 36.6. The van der Waals surface area contributed by atoms with E-state index in [0.29, 0.717) is 29.7 Å². The number of fused-ring (bicyclic) bond motifs is 1. The molecule has 3 heterocycles. The zero-order valence-electron chi connectivity index (χ0n) is 18.8. The lowest BCUT2D eigenvalue weighted by atomic mass is 9.89. The van der Waals surface area contributed by atoms with Gasteiger partial charge in [0.25, 0.3) is 0 Å². The number of imidazole rings is 1. The number of nitriles is 2. The molecule has 3 N–H and O–H groups in total. The number of pyridine rings is 1. The van der Waals surface area contributed by atoms with E-state index < -0.39 is 11.0 Å². The Hall–Kier alpha value is -2.08. The van der Waals surface area contributed by atoms with E-state index in [9.17, 15) is 10.5 Å². The van der Waals surface area contributed by atoms with E-state index >= 15 is 0 Å². The number of nitrogens with zero attached hydrogens (tertiary/aromatic N) is 5. The van der Waals surface area contributed by atoms with Gasteiger partial charge in [0.2, 0.25) is 0 Å². The lowest BCUT2D eigenvalue weighted by molar-refractivity contribution is 0.255. The molecule has 11 heteroatoms. The van der Waals surface area contributed by atoms with Gasteiger partial charge in [-0.1, -0.05) is 23.4 Å². The van der Waals surface area contributed by atoms with Crippen LogP contribution in [0, 0.1) is 38.9 Å². The SMILES string of the molecule is CN1CCC(c2cc(SNC3(C#N)CC3)cn3c(C(=N)SC(=N)C4(C#N)CC4)nc(Cl)c23)CC1. The van der Waals surface area contributed by atoms with Gasteiger partial charge in [0.05, 0.1) is 22.7 Å². The molecular weight excluding hydrogens is 488 g/mol. The third-order valence-corrected chi connectivity index (χ3v) is 9.19. The smallest absolute Gasteiger partial charge is 0.171 e. The van der Waals surface area contributed by atoms with Gasteiger partial charge >= 0.3 is 0 Å². The number of nitrogens with one attached hydrogen (secondary N) is 3. The van der Waals surface area contributed by atoms with Crippen LogP contribution in [0.15, 0.2) is 17.2 Å². The second-order valence-electron chi connectivity index (χ2n) is 9.51. The maximum atomic E-state index is 9.45. The molecule has 1 saturated heterocycles. The number of halogens is 1. The molecule has 2 saturated carbocycles. The van der Waals surface area contributed by atoms with Crippen LogP contribution in [0.1, 0.15) is 55.8 Å². The Bertz CT molecular complexity index is 1260. The number of likely N-dealkylation sites (tertiary alicyclic amines) is 1. The monoisotopic (exact) mass is 512 g/mol. The van der Waals surface area contributed by atoms with Crippen LogP contribution in [0.2, 0.25) is 5.15 Å². The molecule has 2 aromatic rings. The van der Waals surface area contributed by atoms with Gasteiger partial charge < -0.3 is 4.90 Å². The van der Waals surface area contributed by atoms with Gasteiger partial charge in [-0.15, -0.1) is 0 Å². The highest BCUT2D eigenvalue weighted by atomic mass is 35.5. The largest absolute Gasteiger partial charge is 0.306 e. The van der Waals surface area contributed by atoms with Gasteiger partial charge in [-0.05, 0) is 88.2 Å². The van der Waals surface area contributed by atoms with Crippen LogP contribution in [0.4, 0.5) is 0 Å². The highest BCUT2D eigenvalue weighted by Gasteiger charge is 2.48. The van der Waals surface area contributed by atoms with Crippen molar-refractivity contribution in [2.24, 2.45) is 5.41 Å². The van der Waals surface area contributed by atoms with Crippen LogP contribution in [-0.4, -0.2) is 50.0 Å². The molecule has 3 aliphatic rings. The molecule has 0 atom stereocenters. The predicted octanol–water partition coefficient (Wildman–Crippen LogP) is 4.79. The zero-order valence-corrected chi connectivity index (χ0v) is 21.2. The van der Waals surface area contributed by atoms with Crippen LogP contribution >= 0.6 is 35.3 Å². The van der Waals surface area contributed by atoms with Crippen molar-refractivity contribution in [2.45, 2.75) is 54.9 Å². The maximum absolute atomic E-state index is 9.45. The topological polar surface area (TPSA) is 128 Å². The van der Waals surface area contributed by atoms with E-state index in [2.05, 4.69) is 39.9 Å². The van der Waals surface area contributed by atoms with Gasteiger partial charge in [0.15, 0.2) is 11.0 Å². The number of aromatic nitrogens is 2. The molecular formula is C23H25ClN8S2. The molecule has 8 nitrogen and oxygen atoms in total. The van der Waals surface area contributed by atoms with Crippen molar-refractivity contribution >= 4 is 50.9 Å². The predicted molar refractivity (Wildman–Crippen MR) is 136 cm³/mol. The lowest BCUT2D eigenvalue weighted by Gasteiger charge is -2.30. The Labute approximate surface area is 212 Å². The first-order valence-corrected chi connectivity index (χ1v) is 13.3. The molecule has 3 fully saturated rings. The second kappa shape index (κ2) is 8.85. The van der Waals surface area contributed by atoms with Crippen LogP contribution < -0.4 is 4.72 Å². The average molecular weight is 513 g/mol. The van der Waals surface area contributed by atoms with E-state index in [4.69, 9.17) is 22.4 Å². The summed E-state index contributed by atoms with van der Waals surface area (Å²) in [6.07, 6.45) is 6.93. The van der Waals surface area contributed by atoms with Crippen LogP contribution in [-0.2, 0) is 0 Å². The summed E-state index contributed by atoms with van der Waals surface area (Å²) in [5.41, 5.74) is 0.703. The van der Waals surface area contributed by atoms with Crippen molar-refractivity contribution in [1.29, 1.82) is 21.3 Å². The average Bonchev–Trinajstić information content (AvgIpc) is 3.76. The fraction of sp³-hybridized carbons (Fsp3) is 0.522. The fourth-order valence-electron chi connectivity index (χ4n) is 4.30. The van der Waals surface area contributed by atoms with E-state index in [1.807, 2.05) is 10.6 Å². The Morgan fingerprint density at radius 2 is 1.91 bits per heavy atom. The summed E-state index contributed by atoms with van der Waals surface area (Å²) in [6.45, 7) is 2.00. The number of rotatable bonds is 6. The maximum Gasteiger partial charge on any atom is 0.171 e. The standard InChI is InChI=1S/C23H25ClN8S2/c1-31-8-2-14(3-9-31)16-10-15(34-30-23(13-26)6-7-23)11-32-17(16)18(24)29-20(32)19(27)33-21(28)22(12-25)4-5-22/h10-11,14,27-28,30H,2-9H2,1H3. The Kier molecular flexibility index (Phi) is 6.16. The molecule has 1 aliphatic heterocycles. The zero-order chi connectivity index (χ0) is 24.1. The summed E-state index contributed by atoms with van der Waals surface area (Å²) in [5.74, 6) is 0.696. The molecule has 0 aromatic carbocycles. The molecule has 0 amide bonds. The summed E-state index contributed by atoms with van der Waals surface area (Å²) in [6, 6.07) is 6.72. The Morgan fingerprint density at radius 3 is 2.50 bits per heavy atom. The Balaban J connectivity index is 1.51. The summed E-state index contributed by atoms with van der Waals surface area (Å²) < 4.78 is 5.17. The molecule has 0 radical (unpaired) electrons. The minimum Gasteiger partial charge on any atom is -0.306 e. The highest BCUT2D eigenvalue weighted by molar-refractivity contribution is 8.26. The van der Waals surface area contributed by atoms with Crippen molar-refractivity contribution in [3.8, 4) is 12.1 Å². The third kappa shape index (κ3) is 4.34. The van der Waals surface area contributed by atoms with Crippen molar-refractivity contribution in [3.63, 3.8) is 0 Å². The van der Waals surface area contributed by atoms with Crippen molar-refractivity contribution in [1.82, 2.24) is 19.0 Å². The normalized spacial score (nSPS) is 21.1. The van der Waals surface area contributed by atoms with Crippen LogP contribution in [0.5, 0.6) is 0 Å². The number of thioether (sulfide) groups is 1. The number of piperidine rings is 1. The van der Waals surface area contributed by atoms with E-state index in [-0.39, 0.29) is 10.1 Å². The van der Waals surface area contributed by atoms with Gasteiger partial charge in [-0.3, -0.25) is 15.2 Å². The van der Waals surface area contributed by atoms with E-state index in [1.54, 1.807) is 0 Å². The molecule has 176 valence electrons. The van der Waals surface area contributed by atoms with Gasteiger partial charge in [0, 0.05) is 11.1 Å². The molecule has 2 aliphatic carbocycles. The third-order valence-electron chi connectivity index (χ3n) is 6.99. The van der Waals surface area contributed by atoms with Crippen molar-refractivity contribution < 1.29 is 0 Å². The summed E-state index contributed by atoms with van der Waals surface area (Å²) in [4.78, 5) is 7.78. The molecule has 34 heavy (non-hydrogen) atoms. The highest BCUT2D eigenvalue weighted by Crippen LogP contribution is 2.49. The minimum atomic E-state index is -0.742. The Morgan fingerprint density at radius 1 is 1.21 bits per heavy atom. The summed E-state index contributed by atoms with van der Waals surface area (Å²) in [7, 11) is 2.13. The van der Waals surface area contributed by atoms with E-state index in [1.165, 1.54) is 11.9 Å². The molecule has 5 rings (SSSR count). The molecule has 0 spiro atoms. The van der Waals surface area contributed by atoms with Gasteiger partial charge in [0.1, 0.15) is 16.0 Å². The van der Waals surface area contributed by atoms with Crippen LogP contribution in [0.3, 0.4) is 0 Å². The van der Waals surface area contributed by atoms with Gasteiger partial charge in [-0.25, -0.2) is 9.71 Å². The van der Waals surface area contributed by atoms with E-state index in [0.717, 1.165) is 66.5 Å². The molecule has 0 bridgehead atoms. The lowest BCUT2D eigenvalue weighted by Crippen LogP contribution is -2.29. The minimum absolute atomic E-state index is 0.105. The van der Waals surface area contributed by atoms with Crippen molar-refractivity contribution in [2.75, 3.05) is 20.1 Å². The fourth-order valence-corrected chi connectivity index (χ4v) is 6.37. The molecule has 2 aromatic heterocycles. The van der Waals surface area contributed by atoms with Crippen LogP contribution in [0.25, 0.3) is 5.52 Å². The number of hydrogen-bond donors (Lipinski definition) is 3. The van der Waals surface area contributed by atoms with Crippen molar-refractivity contribution in [3.05, 3.63) is 28.8 Å². The first-order valence-electron chi connectivity index (χ1n) is 11.3.